The molecule has 0 bridgehead atoms. The van der Waals surface area contributed by atoms with Gasteiger partial charge in [0, 0.05) is 31.7 Å². The lowest BCUT2D eigenvalue weighted by Crippen LogP contribution is -2.36. The molecule has 0 aliphatic carbocycles. The molecule has 198 valence electrons. The zero-order chi connectivity index (χ0) is 27.2. The second-order valence-electron chi connectivity index (χ2n) is 9.84. The van der Waals surface area contributed by atoms with E-state index in [1.54, 1.807) is 24.3 Å². The third-order valence-electron chi connectivity index (χ3n) is 7.34. The lowest BCUT2D eigenvalue weighted by Gasteiger charge is -2.28. The minimum atomic E-state index is -0.918. The van der Waals surface area contributed by atoms with Crippen LogP contribution < -0.4 is 10.2 Å². The second kappa shape index (κ2) is 12.0. The number of amides is 1. The Labute approximate surface area is 227 Å². The van der Waals surface area contributed by atoms with E-state index in [1.807, 2.05) is 42.5 Å². The van der Waals surface area contributed by atoms with Gasteiger partial charge in [-0.2, -0.15) is 0 Å². The number of para-hydroxylation sites is 1. The van der Waals surface area contributed by atoms with Crippen molar-refractivity contribution in [3.63, 3.8) is 0 Å². The molecular formula is C33H30F2N2O2. The molecule has 0 unspecified atom stereocenters. The third-order valence-corrected chi connectivity index (χ3v) is 7.34. The van der Waals surface area contributed by atoms with Crippen molar-refractivity contribution in [3.05, 3.63) is 137 Å². The summed E-state index contributed by atoms with van der Waals surface area (Å²) in [5, 5.41) is 2.97. The van der Waals surface area contributed by atoms with Gasteiger partial charge in [-0.3, -0.25) is 9.59 Å². The molecule has 0 fully saturated rings. The Morgan fingerprint density at radius 3 is 2.00 bits per heavy atom. The Balaban J connectivity index is 1.45. The molecule has 1 aliphatic rings. The molecular weight excluding hydrogens is 494 g/mol. The van der Waals surface area contributed by atoms with Crippen LogP contribution in [0.5, 0.6) is 0 Å². The molecule has 0 saturated carbocycles. The van der Waals surface area contributed by atoms with Crippen molar-refractivity contribution >= 4 is 17.4 Å². The molecule has 1 aliphatic heterocycles. The monoisotopic (exact) mass is 524 g/mol. The SMILES string of the molecule is O=C(CCN1CCc2ccccc21)[C@H](c1ccc(F)cc1)[C@H](C(=O)NCc1ccccc1)c1ccc(F)cc1. The van der Waals surface area contributed by atoms with Crippen LogP contribution in [0.1, 0.15) is 40.5 Å². The molecule has 39 heavy (non-hydrogen) atoms. The fraction of sp³-hybridized carbons (Fsp3) is 0.212. The number of hydrogen-bond donors (Lipinski definition) is 1. The first kappa shape index (κ1) is 26.3. The summed E-state index contributed by atoms with van der Waals surface area (Å²) >= 11 is 0. The van der Waals surface area contributed by atoms with Crippen LogP contribution >= 0.6 is 0 Å². The van der Waals surface area contributed by atoms with Crippen molar-refractivity contribution in [1.82, 2.24) is 5.32 Å². The van der Waals surface area contributed by atoms with E-state index in [1.165, 1.54) is 29.8 Å². The highest BCUT2D eigenvalue weighted by Gasteiger charge is 2.36. The molecule has 2 atom stereocenters. The van der Waals surface area contributed by atoms with Crippen LogP contribution in [0.4, 0.5) is 14.5 Å². The highest BCUT2D eigenvalue weighted by atomic mass is 19.1. The van der Waals surface area contributed by atoms with Crippen LogP contribution in [0.25, 0.3) is 0 Å². The maximum atomic E-state index is 14.0. The van der Waals surface area contributed by atoms with Crippen LogP contribution in [0, 0.1) is 11.6 Å². The first-order chi connectivity index (χ1) is 19.0. The van der Waals surface area contributed by atoms with Crippen molar-refractivity contribution in [1.29, 1.82) is 0 Å². The summed E-state index contributed by atoms with van der Waals surface area (Å²) < 4.78 is 27.7. The fourth-order valence-corrected chi connectivity index (χ4v) is 5.33. The van der Waals surface area contributed by atoms with E-state index in [4.69, 9.17) is 0 Å². The number of carbonyl (C=O) groups excluding carboxylic acids is 2. The summed E-state index contributed by atoms with van der Waals surface area (Å²) in [6.07, 6.45) is 1.13. The van der Waals surface area contributed by atoms with Gasteiger partial charge in [0.15, 0.2) is 0 Å². The van der Waals surface area contributed by atoms with Gasteiger partial charge in [-0.05, 0) is 59.0 Å². The Morgan fingerprint density at radius 2 is 1.33 bits per heavy atom. The molecule has 0 saturated heterocycles. The second-order valence-corrected chi connectivity index (χ2v) is 9.84. The minimum Gasteiger partial charge on any atom is -0.371 e. The van der Waals surface area contributed by atoms with Gasteiger partial charge in [0.05, 0.1) is 11.8 Å². The summed E-state index contributed by atoms with van der Waals surface area (Å²) in [6.45, 7) is 1.62. The van der Waals surface area contributed by atoms with E-state index < -0.39 is 23.5 Å². The van der Waals surface area contributed by atoms with Crippen molar-refractivity contribution < 1.29 is 18.4 Å². The molecule has 4 nitrogen and oxygen atoms in total. The maximum Gasteiger partial charge on any atom is 0.228 e. The molecule has 4 aromatic rings. The van der Waals surface area contributed by atoms with E-state index in [0.717, 1.165) is 24.2 Å². The first-order valence-corrected chi connectivity index (χ1v) is 13.2. The molecule has 0 aromatic heterocycles. The number of ketones is 1. The maximum absolute atomic E-state index is 14.0. The zero-order valence-corrected chi connectivity index (χ0v) is 21.5. The van der Waals surface area contributed by atoms with E-state index in [0.29, 0.717) is 17.7 Å². The van der Waals surface area contributed by atoms with Crippen LogP contribution in [0.2, 0.25) is 0 Å². The van der Waals surface area contributed by atoms with Gasteiger partial charge >= 0.3 is 0 Å². The molecule has 0 radical (unpaired) electrons. The summed E-state index contributed by atoms with van der Waals surface area (Å²) in [5.41, 5.74) is 4.37. The third kappa shape index (κ3) is 6.23. The van der Waals surface area contributed by atoms with Crippen molar-refractivity contribution in [2.75, 3.05) is 18.0 Å². The van der Waals surface area contributed by atoms with Crippen LogP contribution in [-0.4, -0.2) is 24.8 Å². The van der Waals surface area contributed by atoms with Crippen LogP contribution in [-0.2, 0) is 22.6 Å². The number of nitrogens with zero attached hydrogens (tertiary/aromatic N) is 1. The average Bonchev–Trinajstić information content (AvgIpc) is 3.38. The Hall–Kier alpha value is -4.32. The van der Waals surface area contributed by atoms with E-state index in [-0.39, 0.29) is 24.7 Å². The predicted molar refractivity (Wildman–Crippen MR) is 149 cm³/mol. The summed E-state index contributed by atoms with van der Waals surface area (Å²) in [6, 6.07) is 29.0. The molecule has 4 aromatic carbocycles. The molecule has 1 N–H and O–H groups in total. The highest BCUT2D eigenvalue weighted by Crippen LogP contribution is 2.36. The largest absolute Gasteiger partial charge is 0.371 e. The van der Waals surface area contributed by atoms with Crippen molar-refractivity contribution in [2.45, 2.75) is 31.2 Å². The average molecular weight is 525 g/mol. The van der Waals surface area contributed by atoms with Gasteiger partial charge in [0.1, 0.15) is 17.4 Å². The van der Waals surface area contributed by atoms with E-state index in [2.05, 4.69) is 22.3 Å². The first-order valence-electron chi connectivity index (χ1n) is 13.2. The number of Topliss-reactive ketones (excluding diaryl/α,β-unsaturated/α-hetero) is 1. The number of halogens is 2. The lowest BCUT2D eigenvalue weighted by molar-refractivity contribution is -0.128. The van der Waals surface area contributed by atoms with E-state index >= 15 is 0 Å². The molecule has 0 spiro atoms. The van der Waals surface area contributed by atoms with Crippen molar-refractivity contribution in [3.8, 4) is 0 Å². The van der Waals surface area contributed by atoms with Crippen molar-refractivity contribution in [2.24, 2.45) is 0 Å². The predicted octanol–water partition coefficient (Wildman–Crippen LogP) is 6.17. The number of nitrogens with one attached hydrogen (secondary N) is 1. The summed E-state index contributed by atoms with van der Waals surface area (Å²) in [4.78, 5) is 29.9. The summed E-state index contributed by atoms with van der Waals surface area (Å²) in [7, 11) is 0. The fourth-order valence-electron chi connectivity index (χ4n) is 5.33. The number of hydrogen-bond acceptors (Lipinski definition) is 3. The topological polar surface area (TPSA) is 49.4 Å². The molecule has 5 rings (SSSR count). The number of anilines is 1. The van der Waals surface area contributed by atoms with Gasteiger partial charge in [0.2, 0.25) is 5.91 Å². The number of carbonyl (C=O) groups is 2. The van der Waals surface area contributed by atoms with Gasteiger partial charge in [-0.25, -0.2) is 8.78 Å². The normalized spacial score (nSPS) is 13.9. The van der Waals surface area contributed by atoms with Gasteiger partial charge in [0.25, 0.3) is 0 Å². The summed E-state index contributed by atoms with van der Waals surface area (Å²) in [5.74, 6) is -3.12. The number of benzene rings is 4. The quantitative estimate of drug-likeness (QED) is 0.270. The Bertz CT molecular complexity index is 1420. The minimum absolute atomic E-state index is 0.129. The Kier molecular flexibility index (Phi) is 8.11. The standard InChI is InChI=1S/C33H30F2N2O2/c34-27-14-10-25(11-15-27)31(30(38)19-21-37-20-18-24-8-4-5-9-29(24)37)32(26-12-16-28(35)17-13-26)33(39)36-22-23-6-2-1-3-7-23/h1-17,31-32H,18-22H2,(H,36,39)/t31-,32+/m0/s1. The Morgan fingerprint density at radius 1 is 0.744 bits per heavy atom. The number of rotatable bonds is 10. The van der Waals surface area contributed by atoms with E-state index in [9.17, 15) is 18.4 Å². The smallest absolute Gasteiger partial charge is 0.228 e. The molecule has 1 amide bonds. The van der Waals surface area contributed by atoms with Gasteiger partial charge in [-0.15, -0.1) is 0 Å². The highest BCUT2D eigenvalue weighted by molar-refractivity contribution is 5.96. The molecule has 6 heteroatoms. The lowest BCUT2D eigenvalue weighted by atomic mass is 9.77. The van der Waals surface area contributed by atoms with Gasteiger partial charge in [-0.1, -0.05) is 72.8 Å². The number of fused-ring (bicyclic) bond motifs is 1. The molecule has 1 heterocycles. The van der Waals surface area contributed by atoms with Gasteiger partial charge < -0.3 is 10.2 Å². The van der Waals surface area contributed by atoms with Crippen LogP contribution in [0.15, 0.2) is 103 Å². The zero-order valence-electron chi connectivity index (χ0n) is 21.5. The van der Waals surface area contributed by atoms with Crippen LogP contribution in [0.3, 0.4) is 0 Å².